The Bertz CT molecular complexity index is 530. The third kappa shape index (κ3) is 5.21. The van der Waals surface area contributed by atoms with Crippen LogP contribution < -0.4 is 5.32 Å². The molecule has 25 heavy (non-hydrogen) atoms. The van der Waals surface area contributed by atoms with E-state index in [4.69, 9.17) is 0 Å². The maximum Gasteiger partial charge on any atom is 0.222 e. The number of carbonyl (C=O) groups excluding carboxylic acids is 1. The Morgan fingerprint density at radius 3 is 2.52 bits per heavy atom. The topological polar surface area (TPSA) is 32.3 Å². The first-order valence-electron chi connectivity index (χ1n) is 9.68. The minimum atomic E-state index is 0. The van der Waals surface area contributed by atoms with Gasteiger partial charge >= 0.3 is 0 Å². The lowest BCUT2D eigenvalue weighted by atomic mass is 9.80. The van der Waals surface area contributed by atoms with Crippen LogP contribution in [0.1, 0.15) is 51.0 Å². The second-order valence-corrected chi connectivity index (χ2v) is 7.89. The predicted octanol–water partition coefficient (Wildman–Crippen LogP) is 4.09. The highest BCUT2D eigenvalue weighted by Gasteiger charge is 2.31. The molecule has 3 atom stereocenters. The molecule has 2 aliphatic rings. The Kier molecular flexibility index (Phi) is 7.77. The van der Waals surface area contributed by atoms with Gasteiger partial charge in [-0.3, -0.25) is 4.79 Å². The van der Waals surface area contributed by atoms with Crippen molar-refractivity contribution in [2.24, 2.45) is 17.8 Å². The van der Waals surface area contributed by atoms with Gasteiger partial charge in [0.15, 0.2) is 0 Å². The number of likely N-dealkylation sites (tertiary alicyclic amines) is 1. The molecule has 3 rings (SSSR count). The van der Waals surface area contributed by atoms with Crippen LogP contribution in [-0.2, 0) is 4.79 Å². The molecule has 1 N–H and O–H groups in total. The van der Waals surface area contributed by atoms with Crippen LogP contribution in [0.3, 0.4) is 0 Å². The van der Waals surface area contributed by atoms with E-state index in [0.29, 0.717) is 23.7 Å². The molecule has 1 aromatic rings. The molecule has 0 saturated carbocycles. The fourth-order valence-corrected chi connectivity index (χ4v) is 4.55. The Labute approximate surface area is 159 Å². The van der Waals surface area contributed by atoms with E-state index in [0.717, 1.165) is 44.9 Å². The molecule has 4 heteroatoms. The summed E-state index contributed by atoms with van der Waals surface area (Å²) in [6.07, 6.45) is 4.27. The normalized spacial score (nSPS) is 25.9. The number of benzene rings is 1. The van der Waals surface area contributed by atoms with Crippen LogP contribution in [0.15, 0.2) is 30.3 Å². The van der Waals surface area contributed by atoms with E-state index in [1.165, 1.54) is 18.4 Å². The van der Waals surface area contributed by atoms with E-state index in [-0.39, 0.29) is 12.4 Å². The maximum absolute atomic E-state index is 12.8. The Hall–Kier alpha value is -1.06. The molecule has 2 heterocycles. The van der Waals surface area contributed by atoms with E-state index in [1.54, 1.807) is 0 Å². The lowest BCUT2D eigenvalue weighted by Crippen LogP contribution is -2.43. The number of halogens is 1. The van der Waals surface area contributed by atoms with Crippen LogP contribution in [0.4, 0.5) is 0 Å². The zero-order valence-corrected chi connectivity index (χ0v) is 16.4. The summed E-state index contributed by atoms with van der Waals surface area (Å²) < 4.78 is 0. The summed E-state index contributed by atoms with van der Waals surface area (Å²) >= 11 is 0. The van der Waals surface area contributed by atoms with Gasteiger partial charge in [-0.15, -0.1) is 12.4 Å². The number of nitrogens with zero attached hydrogens (tertiary/aromatic N) is 1. The number of carbonyl (C=O) groups is 1. The monoisotopic (exact) mass is 364 g/mol. The molecular weight excluding hydrogens is 332 g/mol. The molecule has 1 aromatic carbocycles. The Morgan fingerprint density at radius 2 is 1.88 bits per heavy atom. The maximum atomic E-state index is 12.8. The van der Waals surface area contributed by atoms with Gasteiger partial charge in [0.25, 0.3) is 0 Å². The summed E-state index contributed by atoms with van der Waals surface area (Å²) in [5.41, 5.74) is 1.43. The second kappa shape index (κ2) is 9.59. The standard InChI is InChI=1S/C21H32N2O.ClH/c1-16(18-8-11-22-12-9-18)14-21(24)23-13-10-20(17(2)15-23)19-6-4-3-5-7-19;/h3-7,16-18,20,22H,8-15H2,1-2H3;1H. The average Bonchev–Trinajstić information content (AvgIpc) is 2.63. The lowest BCUT2D eigenvalue weighted by molar-refractivity contribution is -0.134. The van der Waals surface area contributed by atoms with E-state index < -0.39 is 0 Å². The zero-order valence-electron chi connectivity index (χ0n) is 15.6. The van der Waals surface area contributed by atoms with Gasteiger partial charge in [-0.1, -0.05) is 44.2 Å². The summed E-state index contributed by atoms with van der Waals surface area (Å²) in [6.45, 7) is 8.63. The van der Waals surface area contributed by atoms with Crippen LogP contribution in [-0.4, -0.2) is 37.0 Å². The molecule has 0 aliphatic carbocycles. The van der Waals surface area contributed by atoms with E-state index >= 15 is 0 Å². The van der Waals surface area contributed by atoms with Crippen molar-refractivity contribution in [2.75, 3.05) is 26.2 Å². The third-order valence-corrected chi connectivity index (χ3v) is 6.17. The SMILES string of the molecule is CC(CC(=O)N1CCC(c2ccccc2)C(C)C1)C1CCNCC1.Cl. The van der Waals surface area contributed by atoms with Crippen molar-refractivity contribution in [3.63, 3.8) is 0 Å². The highest BCUT2D eigenvalue weighted by Crippen LogP contribution is 2.33. The number of piperidine rings is 2. The molecule has 2 saturated heterocycles. The predicted molar refractivity (Wildman–Crippen MR) is 106 cm³/mol. The molecule has 2 aliphatic heterocycles. The van der Waals surface area contributed by atoms with Gasteiger partial charge in [0.2, 0.25) is 5.91 Å². The molecule has 1 amide bonds. The number of rotatable bonds is 4. The second-order valence-electron chi connectivity index (χ2n) is 7.89. The van der Waals surface area contributed by atoms with Gasteiger partial charge in [-0.25, -0.2) is 0 Å². The summed E-state index contributed by atoms with van der Waals surface area (Å²) in [6, 6.07) is 10.8. The van der Waals surface area contributed by atoms with E-state index in [1.807, 2.05) is 0 Å². The van der Waals surface area contributed by atoms with Crippen LogP contribution in [0.5, 0.6) is 0 Å². The van der Waals surface area contributed by atoms with Crippen molar-refractivity contribution in [1.29, 1.82) is 0 Å². The molecule has 140 valence electrons. The minimum Gasteiger partial charge on any atom is -0.342 e. The number of nitrogens with one attached hydrogen (secondary N) is 1. The number of amides is 1. The summed E-state index contributed by atoms with van der Waals surface area (Å²) in [5.74, 6) is 2.74. The number of hydrogen-bond acceptors (Lipinski definition) is 2. The van der Waals surface area contributed by atoms with Gasteiger partial charge in [-0.05, 0) is 61.6 Å². The summed E-state index contributed by atoms with van der Waals surface area (Å²) in [7, 11) is 0. The molecule has 0 spiro atoms. The first kappa shape index (κ1) is 20.3. The summed E-state index contributed by atoms with van der Waals surface area (Å²) in [5, 5.41) is 3.42. The Morgan fingerprint density at radius 1 is 1.20 bits per heavy atom. The molecule has 3 unspecified atom stereocenters. The molecule has 2 fully saturated rings. The van der Waals surface area contributed by atoms with Crippen LogP contribution in [0.2, 0.25) is 0 Å². The quantitative estimate of drug-likeness (QED) is 0.872. The largest absolute Gasteiger partial charge is 0.342 e. The molecule has 0 bridgehead atoms. The van der Waals surface area contributed by atoms with E-state index in [9.17, 15) is 4.79 Å². The minimum absolute atomic E-state index is 0. The third-order valence-electron chi connectivity index (χ3n) is 6.17. The van der Waals surface area contributed by atoms with Gasteiger partial charge in [-0.2, -0.15) is 0 Å². The fraction of sp³-hybridized carbons (Fsp3) is 0.667. The van der Waals surface area contributed by atoms with Gasteiger partial charge in [0.05, 0.1) is 0 Å². The number of hydrogen-bond donors (Lipinski definition) is 1. The average molecular weight is 365 g/mol. The van der Waals surface area contributed by atoms with Crippen molar-refractivity contribution in [2.45, 2.75) is 45.4 Å². The zero-order chi connectivity index (χ0) is 16.9. The first-order valence-corrected chi connectivity index (χ1v) is 9.68. The Balaban J connectivity index is 0.00000225. The lowest BCUT2D eigenvalue weighted by Gasteiger charge is -2.38. The summed E-state index contributed by atoms with van der Waals surface area (Å²) in [4.78, 5) is 14.9. The molecule has 0 radical (unpaired) electrons. The van der Waals surface area contributed by atoms with Crippen molar-refractivity contribution >= 4 is 18.3 Å². The highest BCUT2D eigenvalue weighted by atomic mass is 35.5. The first-order chi connectivity index (χ1) is 11.6. The molecular formula is C21H33ClN2O. The van der Waals surface area contributed by atoms with Crippen LogP contribution in [0, 0.1) is 17.8 Å². The fourth-order valence-electron chi connectivity index (χ4n) is 4.55. The van der Waals surface area contributed by atoms with Crippen molar-refractivity contribution in [3.8, 4) is 0 Å². The van der Waals surface area contributed by atoms with Crippen LogP contribution >= 0.6 is 12.4 Å². The highest BCUT2D eigenvalue weighted by molar-refractivity contribution is 5.85. The van der Waals surface area contributed by atoms with Gasteiger partial charge < -0.3 is 10.2 Å². The van der Waals surface area contributed by atoms with E-state index in [2.05, 4.69) is 54.4 Å². The van der Waals surface area contributed by atoms with Crippen molar-refractivity contribution in [1.82, 2.24) is 10.2 Å². The smallest absolute Gasteiger partial charge is 0.222 e. The van der Waals surface area contributed by atoms with Crippen molar-refractivity contribution in [3.05, 3.63) is 35.9 Å². The van der Waals surface area contributed by atoms with Crippen LogP contribution in [0.25, 0.3) is 0 Å². The van der Waals surface area contributed by atoms with Gasteiger partial charge in [0, 0.05) is 19.5 Å². The van der Waals surface area contributed by atoms with Gasteiger partial charge in [0.1, 0.15) is 0 Å². The molecule has 0 aromatic heterocycles. The molecule has 3 nitrogen and oxygen atoms in total. The van der Waals surface area contributed by atoms with Crippen molar-refractivity contribution < 1.29 is 4.79 Å².